The number of aromatic nitrogens is 1. The van der Waals surface area contributed by atoms with Crippen LogP contribution in [0.4, 0.5) is 16.2 Å². The molecule has 3 nitrogen and oxygen atoms in total. The van der Waals surface area contributed by atoms with Crippen LogP contribution < -0.4 is 4.90 Å². The third kappa shape index (κ3) is 1.92. The second kappa shape index (κ2) is 5.12. The first-order valence-electron chi connectivity index (χ1n) is 8.62. The normalized spacial score (nSPS) is 15.1. The molecule has 0 spiro atoms. The van der Waals surface area contributed by atoms with Gasteiger partial charge in [-0.05, 0) is 47.0 Å². The number of hydrogen-bond donors (Lipinski definition) is 1. The first-order valence-corrected chi connectivity index (χ1v) is 9.00. The van der Waals surface area contributed by atoms with Crippen LogP contribution in [0.3, 0.4) is 0 Å². The molecule has 1 aliphatic rings. The highest BCUT2D eigenvalue weighted by molar-refractivity contribution is 6.67. The van der Waals surface area contributed by atoms with Gasteiger partial charge in [-0.3, -0.25) is 9.69 Å². The molecule has 0 atom stereocenters. The number of H-pyrrole nitrogens is 1. The van der Waals surface area contributed by atoms with Crippen molar-refractivity contribution in [3.05, 3.63) is 71.8 Å². The van der Waals surface area contributed by atoms with E-state index in [2.05, 4.69) is 43.1 Å². The van der Waals surface area contributed by atoms with Gasteiger partial charge in [0.2, 0.25) is 0 Å². The van der Waals surface area contributed by atoms with Crippen molar-refractivity contribution in [2.24, 2.45) is 0 Å². The molecule has 4 heteroatoms. The van der Waals surface area contributed by atoms with Gasteiger partial charge < -0.3 is 4.98 Å². The lowest BCUT2D eigenvalue weighted by molar-refractivity contribution is 0.265. The summed E-state index contributed by atoms with van der Waals surface area (Å²) in [4.78, 5) is 17.4. The lowest BCUT2D eigenvalue weighted by Crippen LogP contribution is -2.34. The number of carbonyl (C=O) groups is 1. The van der Waals surface area contributed by atoms with Crippen LogP contribution in [-0.2, 0) is 5.41 Å². The molecule has 0 saturated heterocycles. The van der Waals surface area contributed by atoms with Gasteiger partial charge in [-0.15, -0.1) is 0 Å². The average Bonchev–Trinajstić information content (AvgIpc) is 2.98. The molecule has 1 aromatic heterocycles. The predicted octanol–water partition coefficient (Wildman–Crippen LogP) is 6.46. The first kappa shape index (κ1) is 15.5. The molecular weight excluding hydrogens is 344 g/mol. The van der Waals surface area contributed by atoms with Crippen molar-refractivity contribution in [1.29, 1.82) is 0 Å². The zero-order chi connectivity index (χ0) is 18.1. The Balaban J connectivity index is 1.92. The molecule has 2 heterocycles. The minimum Gasteiger partial charge on any atom is -0.354 e. The summed E-state index contributed by atoms with van der Waals surface area (Å²) in [6, 6.07) is 20.5. The smallest absolute Gasteiger partial charge is 0.325 e. The SMILES string of the molecule is CC1(C)c2ccccc2N(C(=O)Cl)c2cc3[nH]c4ccccc4c3cc21. The van der Waals surface area contributed by atoms with Crippen molar-refractivity contribution < 1.29 is 4.79 Å². The van der Waals surface area contributed by atoms with E-state index in [1.807, 2.05) is 36.4 Å². The van der Waals surface area contributed by atoms with Gasteiger partial charge in [-0.25, -0.2) is 0 Å². The number of nitrogens with one attached hydrogen (secondary N) is 1. The summed E-state index contributed by atoms with van der Waals surface area (Å²) in [5, 5.41) is 1.85. The maximum atomic E-state index is 12.3. The average molecular weight is 361 g/mol. The van der Waals surface area contributed by atoms with E-state index in [1.165, 1.54) is 5.39 Å². The fourth-order valence-electron chi connectivity index (χ4n) is 4.23. The van der Waals surface area contributed by atoms with E-state index in [0.717, 1.165) is 38.9 Å². The lowest BCUT2D eigenvalue weighted by Gasteiger charge is -2.40. The van der Waals surface area contributed by atoms with Gasteiger partial charge in [0.25, 0.3) is 0 Å². The number of hydrogen-bond acceptors (Lipinski definition) is 1. The van der Waals surface area contributed by atoms with Crippen molar-refractivity contribution in [3.63, 3.8) is 0 Å². The second-order valence-electron chi connectivity index (χ2n) is 7.32. The molecule has 3 aromatic carbocycles. The molecule has 1 aliphatic heterocycles. The monoisotopic (exact) mass is 360 g/mol. The Morgan fingerprint density at radius 1 is 0.885 bits per heavy atom. The van der Waals surface area contributed by atoms with Crippen LogP contribution in [-0.4, -0.2) is 10.4 Å². The van der Waals surface area contributed by atoms with Gasteiger partial charge in [0, 0.05) is 27.2 Å². The summed E-state index contributed by atoms with van der Waals surface area (Å²) in [7, 11) is 0. The lowest BCUT2D eigenvalue weighted by atomic mass is 9.73. The molecule has 0 bridgehead atoms. The fraction of sp³-hybridized carbons (Fsp3) is 0.136. The van der Waals surface area contributed by atoms with Crippen LogP contribution in [0.15, 0.2) is 60.7 Å². The molecule has 1 amide bonds. The highest BCUT2D eigenvalue weighted by atomic mass is 35.5. The predicted molar refractivity (Wildman–Crippen MR) is 108 cm³/mol. The molecule has 5 rings (SSSR count). The highest BCUT2D eigenvalue weighted by Gasteiger charge is 2.38. The number of carbonyl (C=O) groups excluding carboxylic acids is 1. The number of aromatic amines is 1. The van der Waals surface area contributed by atoms with Crippen LogP contribution in [0.25, 0.3) is 21.8 Å². The van der Waals surface area contributed by atoms with Crippen molar-refractivity contribution in [1.82, 2.24) is 4.98 Å². The number of benzene rings is 3. The summed E-state index contributed by atoms with van der Waals surface area (Å²) in [6.07, 6.45) is 0. The quantitative estimate of drug-likeness (QED) is 0.283. The minimum absolute atomic E-state index is 0.235. The van der Waals surface area contributed by atoms with Crippen LogP contribution in [0.1, 0.15) is 25.0 Å². The second-order valence-corrected chi connectivity index (χ2v) is 7.64. The Hall–Kier alpha value is -2.78. The Labute approximate surface area is 156 Å². The van der Waals surface area contributed by atoms with Gasteiger partial charge in [0.1, 0.15) is 0 Å². The molecule has 4 aromatic rings. The number of anilines is 2. The van der Waals surface area contributed by atoms with Crippen molar-refractivity contribution in [2.75, 3.05) is 4.90 Å². The summed E-state index contributed by atoms with van der Waals surface area (Å²) >= 11 is 6.01. The molecule has 0 radical (unpaired) electrons. The minimum atomic E-state index is -0.496. The maximum Gasteiger partial charge on any atom is 0.325 e. The molecule has 0 aliphatic carbocycles. The topological polar surface area (TPSA) is 36.1 Å². The van der Waals surface area contributed by atoms with Crippen LogP contribution >= 0.6 is 11.6 Å². The van der Waals surface area contributed by atoms with Gasteiger partial charge in [-0.2, -0.15) is 0 Å². The molecule has 1 N–H and O–H groups in total. The molecule has 128 valence electrons. The van der Waals surface area contributed by atoms with Crippen molar-refractivity contribution in [3.8, 4) is 0 Å². The Morgan fingerprint density at radius 3 is 2.42 bits per heavy atom. The zero-order valence-electron chi connectivity index (χ0n) is 14.5. The zero-order valence-corrected chi connectivity index (χ0v) is 15.3. The summed E-state index contributed by atoms with van der Waals surface area (Å²) in [6.45, 7) is 4.39. The molecule has 0 unspecified atom stereocenters. The first-order chi connectivity index (χ1) is 12.5. The van der Waals surface area contributed by atoms with Crippen LogP contribution in [0.2, 0.25) is 0 Å². The van der Waals surface area contributed by atoms with Gasteiger partial charge in [-0.1, -0.05) is 50.2 Å². The van der Waals surface area contributed by atoms with E-state index in [4.69, 9.17) is 11.6 Å². The van der Waals surface area contributed by atoms with Gasteiger partial charge in [0.05, 0.1) is 11.4 Å². The standard InChI is InChI=1S/C22H17ClN2O/c1-22(2)15-8-4-6-10-19(15)25(21(23)26)20-12-18-14(11-16(20)22)13-7-3-5-9-17(13)24-18/h3-12,24H,1-2H3. The third-order valence-electron chi connectivity index (χ3n) is 5.53. The van der Waals surface area contributed by atoms with E-state index >= 15 is 0 Å². The Kier molecular flexibility index (Phi) is 3.05. The highest BCUT2D eigenvalue weighted by Crippen LogP contribution is 2.50. The molecule has 0 saturated carbocycles. The Bertz CT molecular complexity index is 1210. The number of halogens is 1. The van der Waals surface area contributed by atoms with Gasteiger partial charge in [0.15, 0.2) is 0 Å². The number of amides is 1. The largest absolute Gasteiger partial charge is 0.354 e. The van der Waals surface area contributed by atoms with Crippen molar-refractivity contribution >= 4 is 50.1 Å². The van der Waals surface area contributed by atoms with E-state index < -0.39 is 5.37 Å². The molecular formula is C22H17ClN2O. The number of fused-ring (bicyclic) bond motifs is 5. The summed E-state index contributed by atoms with van der Waals surface area (Å²) in [5.41, 5.74) is 5.74. The van der Waals surface area contributed by atoms with Crippen LogP contribution in [0.5, 0.6) is 0 Å². The van der Waals surface area contributed by atoms with Crippen molar-refractivity contribution in [2.45, 2.75) is 19.3 Å². The number of para-hydroxylation sites is 2. The van der Waals surface area contributed by atoms with Crippen LogP contribution in [0, 0.1) is 0 Å². The fourth-order valence-corrected chi connectivity index (χ4v) is 4.42. The van der Waals surface area contributed by atoms with E-state index in [1.54, 1.807) is 4.90 Å². The van der Waals surface area contributed by atoms with E-state index in [-0.39, 0.29) is 5.41 Å². The number of rotatable bonds is 0. The molecule has 26 heavy (non-hydrogen) atoms. The summed E-state index contributed by atoms with van der Waals surface area (Å²) < 4.78 is 0. The van der Waals surface area contributed by atoms with E-state index in [0.29, 0.717) is 0 Å². The van der Waals surface area contributed by atoms with E-state index in [9.17, 15) is 4.79 Å². The summed E-state index contributed by atoms with van der Waals surface area (Å²) in [5.74, 6) is 0. The molecule has 0 fully saturated rings. The van der Waals surface area contributed by atoms with Gasteiger partial charge >= 0.3 is 5.37 Å². The third-order valence-corrected chi connectivity index (χ3v) is 5.70. The number of nitrogens with zero attached hydrogens (tertiary/aromatic N) is 1. The Morgan fingerprint density at radius 2 is 1.62 bits per heavy atom. The maximum absolute atomic E-state index is 12.3.